The Kier molecular flexibility index (Phi) is 2.00. The Bertz CT molecular complexity index is 545. The van der Waals surface area contributed by atoms with E-state index in [0.717, 1.165) is 0 Å². The Morgan fingerprint density at radius 3 is 2.73 bits per heavy atom. The van der Waals surface area contributed by atoms with E-state index in [-0.39, 0.29) is 11.7 Å². The summed E-state index contributed by atoms with van der Waals surface area (Å²) < 4.78 is 5.15. The van der Waals surface area contributed by atoms with Gasteiger partial charge in [0.05, 0.1) is 0 Å². The highest BCUT2D eigenvalue weighted by molar-refractivity contribution is 5.97. The number of fused-ring (bicyclic) bond motifs is 1. The number of oxazole rings is 1. The van der Waals surface area contributed by atoms with Crippen LogP contribution in [-0.4, -0.2) is 16.7 Å². The van der Waals surface area contributed by atoms with Gasteiger partial charge in [0.15, 0.2) is 5.58 Å². The molecule has 0 spiro atoms. The number of hydrogen-bond donors (Lipinski definition) is 1. The average molecular weight is 204 g/mol. The molecule has 1 aromatic heterocycles. The molecule has 76 valence electrons. The Hall–Kier alpha value is -2.17. The van der Waals surface area contributed by atoms with Crippen LogP contribution in [0.5, 0.6) is 0 Å². The van der Waals surface area contributed by atoms with Crippen molar-refractivity contribution in [2.24, 2.45) is 5.73 Å². The minimum absolute atomic E-state index is 0.0339. The van der Waals surface area contributed by atoms with Crippen molar-refractivity contribution < 1.29 is 14.0 Å². The van der Waals surface area contributed by atoms with Crippen molar-refractivity contribution in [1.82, 2.24) is 4.98 Å². The minimum atomic E-state index is -0.538. The monoisotopic (exact) mass is 204 g/mol. The number of nitrogens with two attached hydrogens (primary N) is 1. The van der Waals surface area contributed by atoms with E-state index in [1.54, 1.807) is 6.07 Å². The highest BCUT2D eigenvalue weighted by Crippen LogP contribution is 2.17. The molecule has 2 aromatic rings. The Balaban J connectivity index is 2.62. The number of nitrogens with zero attached hydrogens (tertiary/aromatic N) is 1. The summed E-state index contributed by atoms with van der Waals surface area (Å²) in [5.41, 5.74) is 6.36. The van der Waals surface area contributed by atoms with Crippen molar-refractivity contribution in [1.29, 1.82) is 0 Å². The Labute approximate surface area is 84.9 Å². The second-order valence-electron chi connectivity index (χ2n) is 3.12. The van der Waals surface area contributed by atoms with Crippen LogP contribution in [0.15, 0.2) is 22.6 Å². The van der Waals surface area contributed by atoms with Crippen LogP contribution in [0.25, 0.3) is 11.1 Å². The fourth-order valence-electron chi connectivity index (χ4n) is 1.23. The van der Waals surface area contributed by atoms with Crippen LogP contribution >= 0.6 is 0 Å². The number of primary amides is 1. The number of amides is 1. The maximum atomic E-state index is 11.0. The highest BCUT2D eigenvalue weighted by atomic mass is 16.4. The fourth-order valence-corrected chi connectivity index (χ4v) is 1.23. The first-order valence-corrected chi connectivity index (χ1v) is 4.29. The summed E-state index contributed by atoms with van der Waals surface area (Å²) in [5, 5.41) is 0. The van der Waals surface area contributed by atoms with Crippen molar-refractivity contribution in [2.45, 2.75) is 6.92 Å². The number of hydrogen-bond acceptors (Lipinski definition) is 4. The summed E-state index contributed by atoms with van der Waals surface area (Å²) in [4.78, 5) is 25.8. The van der Waals surface area contributed by atoms with Crippen molar-refractivity contribution in [3.63, 3.8) is 0 Å². The predicted octanol–water partition coefficient (Wildman–Crippen LogP) is 1.13. The van der Waals surface area contributed by atoms with E-state index in [4.69, 9.17) is 10.2 Å². The zero-order chi connectivity index (χ0) is 11.0. The molecule has 0 bridgehead atoms. The van der Waals surface area contributed by atoms with Crippen LogP contribution in [0, 0.1) is 0 Å². The van der Waals surface area contributed by atoms with Crippen molar-refractivity contribution in [3.8, 4) is 0 Å². The average Bonchev–Trinajstić information content (AvgIpc) is 2.59. The maximum Gasteiger partial charge on any atom is 0.263 e. The Morgan fingerprint density at radius 1 is 1.40 bits per heavy atom. The first-order chi connectivity index (χ1) is 7.08. The third kappa shape index (κ3) is 1.59. The summed E-state index contributed by atoms with van der Waals surface area (Å²) in [5.74, 6) is -0.761. The van der Waals surface area contributed by atoms with Gasteiger partial charge in [-0.2, -0.15) is 0 Å². The molecule has 0 unspecified atom stereocenters. The number of aromatic nitrogens is 1. The Morgan fingerprint density at radius 2 is 2.13 bits per heavy atom. The maximum absolute atomic E-state index is 11.0. The normalized spacial score (nSPS) is 10.5. The van der Waals surface area contributed by atoms with Crippen molar-refractivity contribution >= 4 is 22.8 Å². The van der Waals surface area contributed by atoms with Gasteiger partial charge in [-0.25, -0.2) is 4.98 Å². The summed E-state index contributed by atoms with van der Waals surface area (Å²) in [6.07, 6.45) is 0. The molecular formula is C10H8N2O3. The molecule has 0 radical (unpaired) electrons. The third-order valence-electron chi connectivity index (χ3n) is 1.97. The lowest BCUT2D eigenvalue weighted by Gasteiger charge is -1.92. The molecule has 2 N–H and O–H groups in total. The molecule has 1 aromatic carbocycles. The molecule has 5 heteroatoms. The first-order valence-electron chi connectivity index (χ1n) is 4.29. The van der Waals surface area contributed by atoms with Gasteiger partial charge >= 0.3 is 0 Å². The van der Waals surface area contributed by atoms with Gasteiger partial charge in [0, 0.05) is 12.5 Å². The SMILES string of the molecule is CC(=O)c1nc2cc(C(N)=O)ccc2o1. The quantitative estimate of drug-likeness (QED) is 0.743. The van der Waals surface area contributed by atoms with Gasteiger partial charge < -0.3 is 10.2 Å². The van der Waals surface area contributed by atoms with E-state index >= 15 is 0 Å². The number of carbonyl (C=O) groups excluding carboxylic acids is 2. The zero-order valence-corrected chi connectivity index (χ0v) is 7.98. The number of ketones is 1. The molecule has 0 saturated heterocycles. The molecule has 0 aliphatic rings. The lowest BCUT2D eigenvalue weighted by Crippen LogP contribution is -2.10. The van der Waals surface area contributed by atoms with Crippen LogP contribution in [0.1, 0.15) is 28.0 Å². The molecule has 0 fully saturated rings. The van der Waals surface area contributed by atoms with Gasteiger partial charge in [0.25, 0.3) is 5.89 Å². The number of carbonyl (C=O) groups is 2. The topological polar surface area (TPSA) is 86.2 Å². The summed E-state index contributed by atoms with van der Waals surface area (Å²) in [7, 11) is 0. The first kappa shape index (κ1) is 9.39. The molecule has 5 nitrogen and oxygen atoms in total. The number of Topliss-reactive ketones (excluding diaryl/α,β-unsaturated/α-hetero) is 1. The van der Waals surface area contributed by atoms with Crippen molar-refractivity contribution in [3.05, 3.63) is 29.7 Å². The summed E-state index contributed by atoms with van der Waals surface area (Å²) in [6, 6.07) is 4.59. The van der Waals surface area contributed by atoms with Gasteiger partial charge in [-0.1, -0.05) is 0 Å². The van der Waals surface area contributed by atoms with Crippen LogP contribution in [0.4, 0.5) is 0 Å². The van der Waals surface area contributed by atoms with Crippen LogP contribution in [0.3, 0.4) is 0 Å². The zero-order valence-electron chi connectivity index (χ0n) is 7.98. The number of benzene rings is 1. The van der Waals surface area contributed by atoms with Crippen LogP contribution in [0.2, 0.25) is 0 Å². The molecule has 0 aliphatic carbocycles. The molecule has 15 heavy (non-hydrogen) atoms. The highest BCUT2D eigenvalue weighted by Gasteiger charge is 2.11. The van der Waals surface area contributed by atoms with E-state index in [1.807, 2.05) is 0 Å². The molecular weight excluding hydrogens is 196 g/mol. The molecule has 2 rings (SSSR count). The molecule has 1 amide bonds. The fraction of sp³-hybridized carbons (Fsp3) is 0.100. The number of rotatable bonds is 2. The molecule has 0 saturated carbocycles. The van der Waals surface area contributed by atoms with Crippen molar-refractivity contribution in [2.75, 3.05) is 0 Å². The van der Waals surface area contributed by atoms with Gasteiger partial charge in [-0.15, -0.1) is 0 Å². The van der Waals surface area contributed by atoms with E-state index in [1.165, 1.54) is 19.1 Å². The second kappa shape index (κ2) is 3.20. The standard InChI is InChI=1S/C10H8N2O3/c1-5(13)10-12-7-4-6(9(11)14)2-3-8(7)15-10/h2-4H,1H3,(H2,11,14). The van der Waals surface area contributed by atoms with Gasteiger partial charge in [0.2, 0.25) is 11.7 Å². The second-order valence-corrected chi connectivity index (χ2v) is 3.12. The van der Waals surface area contributed by atoms with Gasteiger partial charge in [0.1, 0.15) is 5.52 Å². The van der Waals surface area contributed by atoms with Gasteiger partial charge in [-0.3, -0.25) is 9.59 Å². The lowest BCUT2D eigenvalue weighted by atomic mass is 10.2. The lowest BCUT2D eigenvalue weighted by molar-refractivity contribution is 0.0980. The molecule has 0 atom stereocenters. The van der Waals surface area contributed by atoms with E-state index in [0.29, 0.717) is 16.7 Å². The summed E-state index contributed by atoms with van der Waals surface area (Å²) >= 11 is 0. The smallest absolute Gasteiger partial charge is 0.263 e. The molecule has 1 heterocycles. The predicted molar refractivity (Wildman–Crippen MR) is 52.5 cm³/mol. The van der Waals surface area contributed by atoms with Crippen LogP contribution in [-0.2, 0) is 0 Å². The minimum Gasteiger partial charge on any atom is -0.434 e. The van der Waals surface area contributed by atoms with Gasteiger partial charge in [-0.05, 0) is 18.2 Å². The van der Waals surface area contributed by atoms with E-state index in [9.17, 15) is 9.59 Å². The largest absolute Gasteiger partial charge is 0.434 e. The molecule has 0 aliphatic heterocycles. The third-order valence-corrected chi connectivity index (χ3v) is 1.97. The summed E-state index contributed by atoms with van der Waals surface area (Å²) in [6.45, 7) is 1.36. The van der Waals surface area contributed by atoms with E-state index < -0.39 is 5.91 Å². The van der Waals surface area contributed by atoms with E-state index in [2.05, 4.69) is 4.98 Å². The van der Waals surface area contributed by atoms with Crippen LogP contribution < -0.4 is 5.73 Å².